The van der Waals surface area contributed by atoms with Crippen LogP contribution in [0.2, 0.25) is 0 Å². The van der Waals surface area contributed by atoms with E-state index in [0.29, 0.717) is 47.3 Å². The topological polar surface area (TPSA) is 126 Å². The summed E-state index contributed by atoms with van der Waals surface area (Å²) in [5, 5.41) is 3.39. The molecule has 4 unspecified atom stereocenters. The largest absolute Gasteiger partial charge is 0.377 e. The zero-order valence-corrected chi connectivity index (χ0v) is 37.2. The summed E-state index contributed by atoms with van der Waals surface area (Å²) in [5.41, 5.74) is 4.22. The molecule has 2 aliphatic heterocycles. The molecule has 8 rings (SSSR count). The molecule has 0 bridgehead atoms. The molecule has 2 aromatic carbocycles. The molecule has 2 heterocycles. The maximum absolute atomic E-state index is 11.5. The van der Waals surface area contributed by atoms with E-state index in [1.807, 2.05) is 30.3 Å². The van der Waals surface area contributed by atoms with Crippen molar-refractivity contribution in [2.24, 2.45) is 23.7 Å². The quantitative estimate of drug-likeness (QED) is 0.143. The zero-order chi connectivity index (χ0) is 39.3. The van der Waals surface area contributed by atoms with Crippen molar-refractivity contribution in [2.75, 3.05) is 72.3 Å². The molecule has 55 heavy (non-hydrogen) atoms. The highest BCUT2D eigenvalue weighted by Gasteiger charge is 2.65. The summed E-state index contributed by atoms with van der Waals surface area (Å²) in [7, 11) is -6.44. The molecule has 4 aliphatic carbocycles. The summed E-state index contributed by atoms with van der Waals surface area (Å²) in [5.74, 6) is 2.73. The van der Waals surface area contributed by atoms with Crippen LogP contribution in [-0.2, 0) is 40.4 Å². The molecule has 13 heteroatoms. The highest BCUT2D eigenvalue weighted by Crippen LogP contribution is 2.63. The van der Waals surface area contributed by atoms with E-state index in [2.05, 4.69) is 68.2 Å². The molecule has 0 aromatic heterocycles. The molecule has 6 fully saturated rings. The number of nitrogens with one attached hydrogen (secondary N) is 3. The lowest BCUT2D eigenvalue weighted by molar-refractivity contribution is 0.0169. The predicted octanol–water partition coefficient (Wildman–Crippen LogP) is 7.16. The third-order valence-corrected chi connectivity index (χ3v) is 15.0. The van der Waals surface area contributed by atoms with E-state index in [1.165, 1.54) is 87.8 Å². The molecule has 3 N–H and O–H groups in total. The number of benzene rings is 2. The van der Waals surface area contributed by atoms with Crippen LogP contribution in [-0.4, -0.2) is 96.8 Å². The summed E-state index contributed by atoms with van der Waals surface area (Å²) in [6, 6.07) is 15.7. The molecular formula is C42H65IN4O6S2. The number of hydrogen-bond donors (Lipinski definition) is 3. The second kappa shape index (κ2) is 18.6. The Labute approximate surface area is 345 Å². The van der Waals surface area contributed by atoms with Gasteiger partial charge in [0.15, 0.2) is 0 Å². The highest BCUT2D eigenvalue weighted by atomic mass is 127. The fourth-order valence-corrected chi connectivity index (χ4v) is 11.5. The predicted molar refractivity (Wildman–Crippen MR) is 232 cm³/mol. The van der Waals surface area contributed by atoms with E-state index in [1.54, 1.807) is 6.07 Å². The SMILES string of the molecule is CC1(c2cccc(NS(C)(=O)=O)c2)C2CN(CCOC3CCCCC3)CC21.CC1(c2cccc(NS(C)(=O)=O)c2)C2CNCC21.ICCOC1CCCCC1. The van der Waals surface area contributed by atoms with Gasteiger partial charge in [-0.1, -0.05) is 99.2 Å². The number of piperidine rings is 2. The number of halogens is 1. The Hall–Kier alpha value is -1.49. The first-order valence-electron chi connectivity index (χ1n) is 20.6. The Morgan fingerprint density at radius 1 is 0.691 bits per heavy atom. The molecule has 4 atom stereocenters. The summed E-state index contributed by atoms with van der Waals surface area (Å²) in [6.07, 6.45) is 16.7. The zero-order valence-electron chi connectivity index (χ0n) is 33.4. The van der Waals surface area contributed by atoms with E-state index >= 15 is 0 Å². The summed E-state index contributed by atoms with van der Waals surface area (Å²) < 4.78 is 63.5. The van der Waals surface area contributed by atoms with Gasteiger partial charge in [0.1, 0.15) is 0 Å². The first-order valence-corrected chi connectivity index (χ1v) is 25.9. The van der Waals surface area contributed by atoms with Crippen LogP contribution in [0.25, 0.3) is 0 Å². The third kappa shape index (κ3) is 11.4. The first-order chi connectivity index (χ1) is 26.2. The van der Waals surface area contributed by atoms with Gasteiger partial charge in [-0.15, -0.1) is 0 Å². The van der Waals surface area contributed by atoms with Crippen molar-refractivity contribution in [3.05, 3.63) is 59.7 Å². The lowest BCUT2D eigenvalue weighted by Gasteiger charge is -2.26. The van der Waals surface area contributed by atoms with Crippen LogP contribution in [0.4, 0.5) is 11.4 Å². The van der Waals surface area contributed by atoms with Crippen LogP contribution in [0.5, 0.6) is 0 Å². The lowest BCUT2D eigenvalue weighted by atomic mass is 9.92. The second-order valence-electron chi connectivity index (χ2n) is 17.3. The van der Waals surface area contributed by atoms with E-state index in [9.17, 15) is 16.8 Å². The fraction of sp³-hybridized carbons (Fsp3) is 0.714. The maximum Gasteiger partial charge on any atom is 0.229 e. The fourth-order valence-electron chi connectivity index (χ4n) is 10.1. The van der Waals surface area contributed by atoms with Crippen molar-refractivity contribution >= 4 is 54.0 Å². The molecular weight excluding hydrogens is 848 g/mol. The van der Waals surface area contributed by atoms with Crippen LogP contribution in [0.1, 0.15) is 89.2 Å². The van der Waals surface area contributed by atoms with E-state index in [-0.39, 0.29) is 10.8 Å². The van der Waals surface area contributed by atoms with Crippen LogP contribution < -0.4 is 14.8 Å². The summed E-state index contributed by atoms with van der Waals surface area (Å²) in [4.78, 5) is 2.54. The third-order valence-electron chi connectivity index (χ3n) is 13.3. The van der Waals surface area contributed by atoms with Gasteiger partial charge in [0.05, 0.1) is 37.9 Å². The van der Waals surface area contributed by atoms with E-state index in [4.69, 9.17) is 9.47 Å². The Balaban J connectivity index is 0.000000157. The molecule has 2 aromatic rings. The molecule has 0 radical (unpaired) electrons. The lowest BCUT2D eigenvalue weighted by Crippen LogP contribution is -2.33. The van der Waals surface area contributed by atoms with Crippen molar-refractivity contribution in [3.63, 3.8) is 0 Å². The summed E-state index contributed by atoms with van der Waals surface area (Å²) >= 11 is 2.36. The van der Waals surface area contributed by atoms with Gasteiger partial charge >= 0.3 is 0 Å². The van der Waals surface area contributed by atoms with Crippen LogP contribution in [0.3, 0.4) is 0 Å². The molecule has 308 valence electrons. The van der Waals surface area contributed by atoms with Crippen molar-refractivity contribution in [1.29, 1.82) is 0 Å². The number of nitrogens with zero attached hydrogens (tertiary/aromatic N) is 1. The molecule has 6 aliphatic rings. The second-order valence-corrected chi connectivity index (χ2v) is 21.8. The maximum atomic E-state index is 11.5. The average molecular weight is 913 g/mol. The van der Waals surface area contributed by atoms with Gasteiger partial charge in [-0.25, -0.2) is 16.8 Å². The Morgan fingerprint density at radius 3 is 1.56 bits per heavy atom. The Morgan fingerprint density at radius 2 is 1.13 bits per heavy atom. The Kier molecular flexibility index (Phi) is 14.6. The van der Waals surface area contributed by atoms with Gasteiger partial charge in [-0.3, -0.25) is 9.44 Å². The average Bonchev–Trinajstić information content (AvgIpc) is 3.61. The van der Waals surface area contributed by atoms with Gasteiger partial charge in [0.2, 0.25) is 20.0 Å². The smallest absolute Gasteiger partial charge is 0.229 e. The number of likely N-dealkylation sites (tertiary alicyclic amines) is 1. The van der Waals surface area contributed by atoms with Gasteiger partial charge in [-0.2, -0.15) is 0 Å². The number of fused-ring (bicyclic) bond motifs is 2. The van der Waals surface area contributed by atoms with Crippen LogP contribution in [0.15, 0.2) is 48.5 Å². The molecule has 0 spiro atoms. The van der Waals surface area contributed by atoms with Gasteiger partial charge in [0.25, 0.3) is 0 Å². The molecule has 4 saturated carbocycles. The highest BCUT2D eigenvalue weighted by molar-refractivity contribution is 14.1. The number of anilines is 2. The molecule has 2 saturated heterocycles. The van der Waals surface area contributed by atoms with Gasteiger partial charge in [-0.05, 0) is 97.8 Å². The number of ether oxygens (including phenoxy) is 2. The molecule has 10 nitrogen and oxygen atoms in total. The van der Waals surface area contributed by atoms with Crippen molar-refractivity contribution in [3.8, 4) is 0 Å². The number of sulfonamides is 2. The molecule has 0 amide bonds. The summed E-state index contributed by atoms with van der Waals surface area (Å²) in [6.45, 7) is 11.9. The normalized spacial score (nSPS) is 30.6. The first kappa shape index (κ1) is 43.1. The Bertz CT molecular complexity index is 1760. The van der Waals surface area contributed by atoms with Crippen molar-refractivity contribution in [1.82, 2.24) is 10.2 Å². The standard InChI is InChI=1S/C21H32N2O3S.C13H18N2O2S.C8H15IO/c1-21(16-7-6-8-17(13-16)22-27(2,24)25)19-14-23(15-20(19)21)11-12-26-18-9-4-3-5-10-18;1-13(11-7-14-8-12(11)13)9-4-3-5-10(6-9)15-18(2,16)17;9-6-7-10-8-4-2-1-3-5-8/h6-8,13,18-20,22H,3-5,9-12,14-15H2,1-2H3;3-6,11-12,14-15H,7-8H2,1-2H3;8H,1-7H2. The van der Waals surface area contributed by atoms with Crippen LogP contribution >= 0.6 is 22.6 Å². The number of hydrogen-bond acceptors (Lipinski definition) is 8. The van der Waals surface area contributed by atoms with E-state index in [0.717, 1.165) is 50.4 Å². The minimum Gasteiger partial charge on any atom is -0.377 e. The van der Waals surface area contributed by atoms with Crippen molar-refractivity contribution < 1.29 is 26.3 Å². The van der Waals surface area contributed by atoms with Crippen molar-refractivity contribution in [2.45, 2.75) is 101 Å². The van der Waals surface area contributed by atoms with Gasteiger partial charge < -0.3 is 19.7 Å². The minimum absolute atomic E-state index is 0.177. The number of alkyl halides is 1. The van der Waals surface area contributed by atoms with Crippen LogP contribution in [0, 0.1) is 23.7 Å². The monoisotopic (exact) mass is 912 g/mol. The number of rotatable bonds is 13. The van der Waals surface area contributed by atoms with Gasteiger partial charge in [0, 0.05) is 46.3 Å². The van der Waals surface area contributed by atoms with E-state index < -0.39 is 20.0 Å². The minimum atomic E-state index is -3.24.